The van der Waals surface area contributed by atoms with Crippen molar-refractivity contribution >= 4 is 52.5 Å². The van der Waals surface area contributed by atoms with E-state index in [9.17, 15) is 10.1 Å². The average Bonchev–Trinajstić information content (AvgIpc) is 3.12. The van der Waals surface area contributed by atoms with Crippen molar-refractivity contribution in [3.63, 3.8) is 0 Å². The molecule has 0 fully saturated rings. The molecule has 0 unspecified atom stereocenters. The van der Waals surface area contributed by atoms with Crippen LogP contribution < -0.4 is 5.32 Å². The Kier molecular flexibility index (Phi) is 5.88. The number of carbonyl (C=O) groups is 1. The maximum absolute atomic E-state index is 12.3. The molecular formula is C20H11Cl3N2O2. The molecule has 7 heteroatoms. The minimum Gasteiger partial charge on any atom is -0.457 e. The number of rotatable bonds is 4. The number of nitrogens with zero attached hydrogens (tertiary/aromatic N) is 1. The molecule has 2 aromatic carbocycles. The Morgan fingerprint density at radius 1 is 1.00 bits per heavy atom. The first-order chi connectivity index (χ1) is 13.0. The van der Waals surface area contributed by atoms with Crippen LogP contribution in [0, 0.1) is 11.3 Å². The van der Waals surface area contributed by atoms with Gasteiger partial charge in [-0.3, -0.25) is 4.79 Å². The van der Waals surface area contributed by atoms with Gasteiger partial charge >= 0.3 is 0 Å². The molecule has 0 aliphatic carbocycles. The van der Waals surface area contributed by atoms with E-state index in [0.29, 0.717) is 32.3 Å². The molecular weight excluding hydrogens is 407 g/mol. The molecule has 0 aliphatic rings. The summed E-state index contributed by atoms with van der Waals surface area (Å²) in [6.07, 6.45) is 1.37. The second-order valence-electron chi connectivity index (χ2n) is 5.46. The van der Waals surface area contributed by atoms with Gasteiger partial charge in [-0.25, -0.2) is 0 Å². The van der Waals surface area contributed by atoms with Gasteiger partial charge < -0.3 is 9.73 Å². The molecule has 0 atom stereocenters. The molecule has 1 amide bonds. The SMILES string of the molecule is N#C/C(=C/c1ccc(-c2ccc(Cl)cc2)o1)C(=O)Nc1ccc(Cl)c(Cl)c1. The van der Waals surface area contributed by atoms with Gasteiger partial charge in [-0.15, -0.1) is 0 Å². The number of nitriles is 1. The molecule has 3 rings (SSSR count). The molecule has 27 heavy (non-hydrogen) atoms. The third kappa shape index (κ3) is 4.72. The molecule has 1 aromatic heterocycles. The first-order valence-corrected chi connectivity index (χ1v) is 8.83. The van der Waals surface area contributed by atoms with Gasteiger partial charge in [-0.1, -0.05) is 34.8 Å². The molecule has 3 aromatic rings. The smallest absolute Gasteiger partial charge is 0.266 e. The summed E-state index contributed by atoms with van der Waals surface area (Å²) in [6.45, 7) is 0. The molecule has 0 spiro atoms. The zero-order chi connectivity index (χ0) is 19.4. The summed E-state index contributed by atoms with van der Waals surface area (Å²) >= 11 is 17.6. The monoisotopic (exact) mass is 416 g/mol. The number of hydrogen-bond acceptors (Lipinski definition) is 3. The lowest BCUT2D eigenvalue weighted by Gasteiger charge is -2.05. The zero-order valence-corrected chi connectivity index (χ0v) is 15.9. The van der Waals surface area contributed by atoms with Crippen LogP contribution in [0.5, 0.6) is 0 Å². The van der Waals surface area contributed by atoms with E-state index >= 15 is 0 Å². The molecule has 1 N–H and O–H groups in total. The fourth-order valence-electron chi connectivity index (χ4n) is 2.26. The topological polar surface area (TPSA) is 66.0 Å². The number of furan rings is 1. The van der Waals surface area contributed by atoms with E-state index in [1.165, 1.54) is 12.1 Å². The minimum absolute atomic E-state index is 0.113. The molecule has 0 bridgehead atoms. The lowest BCUT2D eigenvalue weighted by Crippen LogP contribution is -2.13. The molecule has 0 saturated carbocycles. The maximum atomic E-state index is 12.3. The van der Waals surface area contributed by atoms with Crippen molar-refractivity contribution in [2.75, 3.05) is 5.32 Å². The summed E-state index contributed by atoms with van der Waals surface area (Å²) < 4.78 is 5.69. The summed E-state index contributed by atoms with van der Waals surface area (Å²) in [5.41, 5.74) is 1.15. The Bertz CT molecular complexity index is 1060. The van der Waals surface area contributed by atoms with Crippen LogP contribution in [0.3, 0.4) is 0 Å². The van der Waals surface area contributed by atoms with Crippen molar-refractivity contribution in [3.05, 3.63) is 81.0 Å². The Labute approximate surface area is 170 Å². The van der Waals surface area contributed by atoms with Gasteiger partial charge in [-0.05, 0) is 54.6 Å². The second-order valence-corrected chi connectivity index (χ2v) is 6.71. The highest BCUT2D eigenvalue weighted by molar-refractivity contribution is 6.42. The van der Waals surface area contributed by atoms with Crippen molar-refractivity contribution in [2.45, 2.75) is 0 Å². The van der Waals surface area contributed by atoms with E-state index in [1.807, 2.05) is 18.2 Å². The second kappa shape index (κ2) is 8.32. The van der Waals surface area contributed by atoms with Gasteiger partial charge in [0.1, 0.15) is 23.2 Å². The summed E-state index contributed by atoms with van der Waals surface area (Å²) in [5, 5.41) is 13.2. The lowest BCUT2D eigenvalue weighted by atomic mass is 10.2. The molecule has 0 saturated heterocycles. The van der Waals surface area contributed by atoms with Gasteiger partial charge in [0.15, 0.2) is 0 Å². The summed E-state index contributed by atoms with van der Waals surface area (Å²) in [5.74, 6) is 0.390. The number of anilines is 1. The highest BCUT2D eigenvalue weighted by Crippen LogP contribution is 2.26. The first kappa shape index (κ1) is 19.1. The van der Waals surface area contributed by atoms with Crippen molar-refractivity contribution < 1.29 is 9.21 Å². The number of hydrogen-bond donors (Lipinski definition) is 1. The Balaban J connectivity index is 1.79. The van der Waals surface area contributed by atoms with Crippen LogP contribution in [-0.2, 0) is 4.79 Å². The summed E-state index contributed by atoms with van der Waals surface area (Å²) in [4.78, 5) is 12.3. The van der Waals surface area contributed by atoms with Gasteiger partial charge in [0.05, 0.1) is 10.0 Å². The quantitative estimate of drug-likeness (QED) is 0.392. The molecule has 134 valence electrons. The normalized spacial score (nSPS) is 11.1. The van der Waals surface area contributed by atoms with Crippen molar-refractivity contribution in [1.82, 2.24) is 0 Å². The van der Waals surface area contributed by atoms with E-state index in [-0.39, 0.29) is 5.57 Å². The predicted molar refractivity (Wildman–Crippen MR) is 108 cm³/mol. The van der Waals surface area contributed by atoms with Crippen LogP contribution in [0.25, 0.3) is 17.4 Å². The van der Waals surface area contributed by atoms with Crippen LogP contribution in [0.4, 0.5) is 5.69 Å². The number of benzene rings is 2. The van der Waals surface area contributed by atoms with Crippen molar-refractivity contribution in [3.8, 4) is 17.4 Å². The Morgan fingerprint density at radius 2 is 1.74 bits per heavy atom. The highest BCUT2D eigenvalue weighted by Gasteiger charge is 2.12. The molecule has 1 heterocycles. The van der Waals surface area contributed by atoms with Crippen LogP contribution in [-0.4, -0.2) is 5.91 Å². The number of amides is 1. The summed E-state index contributed by atoms with van der Waals surface area (Å²) in [7, 11) is 0. The average molecular weight is 418 g/mol. The van der Waals surface area contributed by atoms with E-state index in [2.05, 4.69) is 5.32 Å². The number of carbonyl (C=O) groups excluding carboxylic acids is 1. The number of halogens is 3. The lowest BCUT2D eigenvalue weighted by molar-refractivity contribution is -0.112. The van der Waals surface area contributed by atoms with Gasteiger partial charge in [0.2, 0.25) is 0 Å². The predicted octanol–water partition coefficient (Wildman–Crippen LogP) is 6.45. The van der Waals surface area contributed by atoms with Crippen LogP contribution in [0.2, 0.25) is 15.1 Å². The molecule has 0 aliphatic heterocycles. The van der Waals surface area contributed by atoms with Crippen LogP contribution >= 0.6 is 34.8 Å². The van der Waals surface area contributed by atoms with E-state index in [0.717, 1.165) is 5.56 Å². The number of nitrogens with one attached hydrogen (secondary N) is 1. The largest absolute Gasteiger partial charge is 0.457 e. The van der Waals surface area contributed by atoms with Crippen molar-refractivity contribution in [1.29, 1.82) is 5.26 Å². The first-order valence-electron chi connectivity index (χ1n) is 7.70. The third-order valence-corrected chi connectivity index (χ3v) is 4.58. The Hall–Kier alpha value is -2.71. The maximum Gasteiger partial charge on any atom is 0.266 e. The van der Waals surface area contributed by atoms with Crippen LogP contribution in [0.15, 0.2) is 64.6 Å². The van der Waals surface area contributed by atoms with Gasteiger partial charge in [-0.2, -0.15) is 5.26 Å². The summed E-state index contributed by atoms with van der Waals surface area (Å²) in [6, 6.07) is 17.1. The van der Waals surface area contributed by atoms with E-state index in [1.54, 1.807) is 36.4 Å². The molecule has 4 nitrogen and oxygen atoms in total. The standard InChI is InChI=1S/C20H11Cl3N2O2/c21-14-3-1-12(2-4-14)19-8-6-16(27-19)9-13(11-24)20(26)25-15-5-7-17(22)18(23)10-15/h1-10H,(H,25,26)/b13-9-. The van der Waals surface area contributed by atoms with Crippen LogP contribution in [0.1, 0.15) is 5.76 Å². The Morgan fingerprint density at radius 3 is 2.41 bits per heavy atom. The zero-order valence-electron chi connectivity index (χ0n) is 13.7. The fourth-order valence-corrected chi connectivity index (χ4v) is 2.69. The highest BCUT2D eigenvalue weighted by atomic mass is 35.5. The third-order valence-electron chi connectivity index (χ3n) is 3.58. The van der Waals surface area contributed by atoms with E-state index in [4.69, 9.17) is 39.2 Å². The minimum atomic E-state index is -0.583. The van der Waals surface area contributed by atoms with Crippen molar-refractivity contribution in [2.24, 2.45) is 0 Å². The van der Waals surface area contributed by atoms with E-state index < -0.39 is 5.91 Å². The van der Waals surface area contributed by atoms with Gasteiger partial charge in [0.25, 0.3) is 5.91 Å². The fraction of sp³-hybridized carbons (Fsp3) is 0. The molecule has 0 radical (unpaired) electrons. The van der Waals surface area contributed by atoms with Gasteiger partial charge in [0, 0.05) is 22.3 Å².